The van der Waals surface area contributed by atoms with Gasteiger partial charge < -0.3 is 29.9 Å². The first kappa shape index (κ1) is 28.9. The summed E-state index contributed by atoms with van der Waals surface area (Å²) >= 11 is 0. The lowest BCUT2D eigenvalue weighted by Gasteiger charge is -2.34. The van der Waals surface area contributed by atoms with Crippen LogP contribution in [0.3, 0.4) is 0 Å². The number of methoxy groups -OCH3 is 1. The van der Waals surface area contributed by atoms with Crippen LogP contribution in [0, 0.1) is 5.92 Å². The Bertz CT molecular complexity index is 1290. The lowest BCUT2D eigenvalue weighted by Crippen LogP contribution is -2.37. The van der Waals surface area contributed by atoms with E-state index in [0.29, 0.717) is 30.4 Å². The van der Waals surface area contributed by atoms with E-state index < -0.39 is 18.0 Å². The van der Waals surface area contributed by atoms with Crippen molar-refractivity contribution in [3.05, 3.63) is 75.9 Å². The van der Waals surface area contributed by atoms with E-state index in [-0.39, 0.29) is 45.8 Å². The van der Waals surface area contributed by atoms with Gasteiger partial charge in [-0.2, -0.15) is 0 Å². The fourth-order valence-electron chi connectivity index (χ4n) is 4.63. The summed E-state index contributed by atoms with van der Waals surface area (Å²) < 4.78 is 11.9. The molecular weight excluding hydrogens is 484 g/mol. The van der Waals surface area contributed by atoms with Crippen LogP contribution < -0.4 is 9.47 Å². The van der Waals surface area contributed by atoms with E-state index in [0.717, 1.165) is 22.8 Å². The van der Waals surface area contributed by atoms with E-state index in [4.69, 9.17) is 9.47 Å². The Kier molecular flexibility index (Phi) is 8.94. The number of phenols is 3. The fraction of sp³-hybridized carbons (Fsp3) is 0.387. The number of allylic oxidation sites excluding steroid dienone is 5. The van der Waals surface area contributed by atoms with Crippen molar-refractivity contribution >= 4 is 5.78 Å². The number of rotatable bonds is 9. The maximum absolute atomic E-state index is 13.7. The van der Waals surface area contributed by atoms with Gasteiger partial charge in [0.25, 0.3) is 0 Å². The molecule has 0 aliphatic carbocycles. The molecule has 0 saturated carbocycles. The molecule has 3 rings (SSSR count). The van der Waals surface area contributed by atoms with Crippen molar-refractivity contribution in [1.29, 1.82) is 0 Å². The van der Waals surface area contributed by atoms with Crippen LogP contribution >= 0.6 is 0 Å². The van der Waals surface area contributed by atoms with Crippen LogP contribution in [0.25, 0.3) is 0 Å². The average molecular weight is 523 g/mol. The molecule has 3 atom stereocenters. The summed E-state index contributed by atoms with van der Waals surface area (Å²) in [5.41, 5.74) is 4.12. The van der Waals surface area contributed by atoms with Gasteiger partial charge in [0.2, 0.25) is 5.78 Å². The van der Waals surface area contributed by atoms with E-state index in [2.05, 4.69) is 12.7 Å². The van der Waals surface area contributed by atoms with Crippen molar-refractivity contribution in [2.75, 3.05) is 7.11 Å². The van der Waals surface area contributed by atoms with Gasteiger partial charge >= 0.3 is 0 Å². The Hall–Kier alpha value is -3.71. The molecule has 0 radical (unpaired) electrons. The molecule has 7 heteroatoms. The van der Waals surface area contributed by atoms with Crippen LogP contribution in [0.2, 0.25) is 0 Å². The predicted molar refractivity (Wildman–Crippen MR) is 147 cm³/mol. The van der Waals surface area contributed by atoms with Gasteiger partial charge in [0.1, 0.15) is 34.3 Å². The minimum absolute atomic E-state index is 0.0422. The summed E-state index contributed by atoms with van der Waals surface area (Å²) in [4.78, 5) is 13.7. The van der Waals surface area contributed by atoms with Crippen LogP contribution in [0.5, 0.6) is 28.7 Å². The van der Waals surface area contributed by atoms with Crippen LogP contribution in [-0.4, -0.2) is 39.4 Å². The van der Waals surface area contributed by atoms with Crippen molar-refractivity contribution in [2.24, 2.45) is 5.92 Å². The van der Waals surface area contributed by atoms with Gasteiger partial charge in [-0.25, -0.2) is 0 Å². The number of carbonyl (C=O) groups excluding carboxylic acids is 1. The number of phenolic OH excluding ortho intramolecular Hbond substituents is 3. The summed E-state index contributed by atoms with van der Waals surface area (Å²) in [6.07, 6.45) is 2.44. The molecule has 2 unspecified atom stereocenters. The molecule has 1 heterocycles. The number of hydrogen-bond donors (Lipinski definition) is 4. The Balaban J connectivity index is 2.29. The SMILES string of the molecule is C=C(C)C(CC=C(C)C)Cc1c(O)c(CC=C(C)C)c(OC)c2c1OC(c1ccc(O)cc1O)[C@@H](O)C2=O. The maximum Gasteiger partial charge on any atom is 0.202 e. The number of benzene rings is 2. The predicted octanol–water partition coefficient (Wildman–Crippen LogP) is 6.09. The first-order valence-electron chi connectivity index (χ1n) is 12.6. The van der Waals surface area contributed by atoms with E-state index in [9.17, 15) is 25.2 Å². The monoisotopic (exact) mass is 522 g/mol. The van der Waals surface area contributed by atoms with Gasteiger partial charge in [-0.05, 0) is 71.9 Å². The third kappa shape index (κ3) is 5.89. The zero-order chi connectivity index (χ0) is 28.3. The normalized spacial score (nSPS) is 17.2. The van der Waals surface area contributed by atoms with Gasteiger partial charge in [-0.3, -0.25) is 4.79 Å². The number of aliphatic hydroxyl groups excluding tert-OH is 1. The summed E-state index contributed by atoms with van der Waals surface area (Å²) in [6, 6.07) is 3.84. The molecule has 7 nitrogen and oxygen atoms in total. The number of fused-ring (bicyclic) bond motifs is 1. The lowest BCUT2D eigenvalue weighted by molar-refractivity contribution is 0.0197. The molecule has 0 amide bonds. The third-order valence-electron chi connectivity index (χ3n) is 6.82. The van der Waals surface area contributed by atoms with E-state index >= 15 is 0 Å². The highest BCUT2D eigenvalue weighted by molar-refractivity contribution is 6.07. The maximum atomic E-state index is 13.7. The first-order chi connectivity index (χ1) is 17.9. The highest BCUT2D eigenvalue weighted by atomic mass is 16.5. The van der Waals surface area contributed by atoms with Crippen LogP contribution in [0.1, 0.15) is 74.2 Å². The molecule has 0 aromatic heterocycles. The van der Waals surface area contributed by atoms with Crippen LogP contribution in [-0.2, 0) is 12.8 Å². The minimum Gasteiger partial charge on any atom is -0.508 e. The summed E-state index contributed by atoms with van der Waals surface area (Å²) in [7, 11) is 1.41. The third-order valence-corrected chi connectivity index (χ3v) is 6.82. The zero-order valence-electron chi connectivity index (χ0n) is 23.0. The molecule has 4 N–H and O–H groups in total. The number of ketones is 1. The molecule has 0 bridgehead atoms. The molecule has 38 heavy (non-hydrogen) atoms. The Morgan fingerprint density at radius 2 is 1.74 bits per heavy atom. The van der Waals surface area contributed by atoms with E-state index in [1.807, 2.05) is 40.7 Å². The molecular formula is C31H38O7. The number of hydrogen-bond acceptors (Lipinski definition) is 7. The van der Waals surface area contributed by atoms with Crippen molar-refractivity contribution in [3.8, 4) is 28.7 Å². The molecule has 2 aromatic rings. The molecule has 0 spiro atoms. The molecule has 2 aromatic carbocycles. The first-order valence-corrected chi connectivity index (χ1v) is 12.6. The second kappa shape index (κ2) is 11.8. The standard InChI is InChI=1S/C31H38O7/c1-16(2)8-10-19(18(5)6)14-23-26(34)22(12-9-17(3)4)29(37-7)25-27(35)28(36)31(38-30(23)25)21-13-11-20(32)15-24(21)33/h8-9,11,13,15,19,28,31-34,36H,5,10,12,14H2,1-4,6-7H3/t19?,28-,31?/m0/s1. The molecule has 0 saturated heterocycles. The van der Waals surface area contributed by atoms with Gasteiger partial charge in [-0.15, -0.1) is 0 Å². The summed E-state index contributed by atoms with van der Waals surface area (Å²) in [5, 5.41) is 42.8. The van der Waals surface area contributed by atoms with Crippen molar-refractivity contribution in [1.82, 2.24) is 0 Å². The van der Waals surface area contributed by atoms with E-state index in [1.54, 1.807) is 0 Å². The molecule has 0 fully saturated rings. The quantitative estimate of drug-likeness (QED) is 0.295. The highest BCUT2D eigenvalue weighted by Crippen LogP contribution is 2.50. The lowest BCUT2D eigenvalue weighted by atomic mass is 9.83. The van der Waals surface area contributed by atoms with Crippen molar-refractivity contribution in [2.45, 2.75) is 66.1 Å². The summed E-state index contributed by atoms with van der Waals surface area (Å²) in [6.45, 7) is 14.0. The second-order valence-corrected chi connectivity index (χ2v) is 10.4. The van der Waals surface area contributed by atoms with Crippen LogP contribution in [0.4, 0.5) is 0 Å². The minimum atomic E-state index is -1.65. The van der Waals surface area contributed by atoms with Gasteiger partial charge in [0.05, 0.1) is 7.11 Å². The van der Waals surface area contributed by atoms with Gasteiger partial charge in [0.15, 0.2) is 12.2 Å². The number of aliphatic hydroxyl groups is 1. The highest BCUT2D eigenvalue weighted by Gasteiger charge is 2.43. The van der Waals surface area contributed by atoms with Crippen molar-refractivity contribution < 1.29 is 34.7 Å². The van der Waals surface area contributed by atoms with Crippen molar-refractivity contribution in [3.63, 3.8) is 0 Å². The zero-order valence-corrected chi connectivity index (χ0v) is 23.0. The smallest absolute Gasteiger partial charge is 0.202 e. The summed E-state index contributed by atoms with van der Waals surface area (Å²) in [5.74, 6) is -0.988. The van der Waals surface area contributed by atoms with Gasteiger partial charge in [0, 0.05) is 22.8 Å². The number of carbonyl (C=O) groups is 1. The average Bonchev–Trinajstić information content (AvgIpc) is 2.83. The fourth-order valence-corrected chi connectivity index (χ4v) is 4.63. The number of aromatic hydroxyl groups is 3. The largest absolute Gasteiger partial charge is 0.508 e. The molecule has 1 aliphatic heterocycles. The molecule has 1 aliphatic rings. The number of Topliss-reactive ketones (excluding diaryl/α,β-unsaturated/α-hetero) is 1. The van der Waals surface area contributed by atoms with Crippen LogP contribution in [0.15, 0.2) is 53.6 Å². The second-order valence-electron chi connectivity index (χ2n) is 10.4. The Morgan fingerprint density at radius 3 is 2.29 bits per heavy atom. The van der Waals surface area contributed by atoms with Gasteiger partial charge in [-0.1, -0.05) is 35.5 Å². The number of ether oxygens (including phenoxy) is 2. The Labute approximate surface area is 224 Å². The van der Waals surface area contributed by atoms with E-state index in [1.165, 1.54) is 19.2 Å². The molecule has 204 valence electrons. The Morgan fingerprint density at radius 1 is 1.08 bits per heavy atom. The topological polar surface area (TPSA) is 116 Å².